The van der Waals surface area contributed by atoms with Crippen LogP contribution in [0.2, 0.25) is 0 Å². The third kappa shape index (κ3) is 3.31. The molecule has 24 heavy (non-hydrogen) atoms. The molecule has 1 N–H and O–H groups in total. The third-order valence-corrected chi connectivity index (χ3v) is 5.57. The van der Waals surface area contributed by atoms with Gasteiger partial charge in [0, 0.05) is 17.9 Å². The highest BCUT2D eigenvalue weighted by molar-refractivity contribution is 8.00. The Hall–Kier alpha value is -1.89. The Balaban J connectivity index is 1.84. The number of halogens is 2. The third-order valence-electron chi connectivity index (χ3n) is 4.17. The average Bonchev–Trinajstić information content (AvgIpc) is 3.13. The highest BCUT2D eigenvalue weighted by Gasteiger charge is 2.22. The van der Waals surface area contributed by atoms with Crippen molar-refractivity contribution in [3.63, 3.8) is 0 Å². The van der Waals surface area contributed by atoms with Gasteiger partial charge in [0.05, 0.1) is 17.0 Å². The van der Waals surface area contributed by atoms with E-state index < -0.39 is 11.6 Å². The van der Waals surface area contributed by atoms with E-state index in [-0.39, 0.29) is 11.6 Å². The minimum atomic E-state index is -0.713. The second-order valence-corrected chi connectivity index (χ2v) is 7.31. The molecule has 0 unspecified atom stereocenters. The first-order chi connectivity index (χ1) is 11.5. The van der Waals surface area contributed by atoms with Gasteiger partial charge >= 0.3 is 0 Å². The van der Waals surface area contributed by atoms with Crippen molar-refractivity contribution in [2.24, 2.45) is 0 Å². The zero-order valence-electron chi connectivity index (χ0n) is 13.6. The molecular formula is C17H19F2N3OS. The second kappa shape index (κ2) is 6.93. The number of aryl methyl sites for hydroxylation is 1. The zero-order chi connectivity index (χ0) is 17.3. The van der Waals surface area contributed by atoms with Crippen LogP contribution < -0.4 is 5.32 Å². The van der Waals surface area contributed by atoms with Crippen LogP contribution in [0.3, 0.4) is 0 Å². The number of thioether (sulfide) groups is 1. The van der Waals surface area contributed by atoms with E-state index in [4.69, 9.17) is 0 Å². The predicted octanol–water partition coefficient (Wildman–Crippen LogP) is 3.39. The average molecular weight is 351 g/mol. The van der Waals surface area contributed by atoms with Gasteiger partial charge in [0.2, 0.25) is 0 Å². The molecule has 2 heterocycles. The Morgan fingerprint density at radius 3 is 2.88 bits per heavy atom. The number of hydrogen-bond donors (Lipinski definition) is 1. The summed E-state index contributed by atoms with van der Waals surface area (Å²) in [5.74, 6) is -0.425. The lowest BCUT2D eigenvalue weighted by Gasteiger charge is -2.10. The molecule has 4 nitrogen and oxygen atoms in total. The smallest absolute Gasteiger partial charge is 0.255 e. The quantitative estimate of drug-likeness (QED) is 0.918. The number of aromatic nitrogens is 2. The minimum absolute atomic E-state index is 0.127. The number of rotatable bonds is 4. The lowest BCUT2D eigenvalue weighted by molar-refractivity contribution is 0.0952. The number of nitrogens with one attached hydrogen (secondary N) is 1. The molecular weight excluding hydrogens is 332 g/mol. The Morgan fingerprint density at radius 2 is 2.21 bits per heavy atom. The van der Waals surface area contributed by atoms with E-state index in [0.29, 0.717) is 28.7 Å². The van der Waals surface area contributed by atoms with Crippen LogP contribution >= 0.6 is 11.8 Å². The number of carbonyl (C=O) groups excluding carboxylic acids is 1. The molecule has 1 fully saturated rings. The van der Waals surface area contributed by atoms with Crippen LogP contribution in [0.4, 0.5) is 8.78 Å². The van der Waals surface area contributed by atoms with Crippen LogP contribution in [0.15, 0.2) is 18.2 Å². The van der Waals surface area contributed by atoms with E-state index >= 15 is 0 Å². The summed E-state index contributed by atoms with van der Waals surface area (Å²) in [6, 6.07) is 3.30. The minimum Gasteiger partial charge on any atom is -0.351 e. The molecule has 2 aromatic rings. The molecule has 0 bridgehead atoms. The van der Waals surface area contributed by atoms with Gasteiger partial charge in [-0.05, 0) is 44.6 Å². The summed E-state index contributed by atoms with van der Waals surface area (Å²) < 4.78 is 28.4. The Morgan fingerprint density at radius 1 is 1.42 bits per heavy atom. The van der Waals surface area contributed by atoms with E-state index in [1.807, 2.05) is 11.8 Å². The van der Waals surface area contributed by atoms with E-state index in [1.54, 1.807) is 13.8 Å². The summed E-state index contributed by atoms with van der Waals surface area (Å²) >= 11 is 1.87. The topological polar surface area (TPSA) is 46.9 Å². The number of nitrogens with zero attached hydrogens (tertiary/aromatic N) is 2. The first-order valence-electron chi connectivity index (χ1n) is 7.89. The number of benzene rings is 1. The van der Waals surface area contributed by atoms with Crippen LogP contribution in [0.5, 0.6) is 0 Å². The van der Waals surface area contributed by atoms with Gasteiger partial charge in [-0.1, -0.05) is 0 Å². The van der Waals surface area contributed by atoms with Crippen molar-refractivity contribution < 1.29 is 13.6 Å². The first-order valence-corrected chi connectivity index (χ1v) is 8.93. The summed E-state index contributed by atoms with van der Waals surface area (Å²) in [4.78, 5) is 12.5. The van der Waals surface area contributed by atoms with E-state index in [1.165, 1.54) is 23.2 Å². The molecule has 3 rings (SSSR count). The van der Waals surface area contributed by atoms with Crippen molar-refractivity contribution in [2.75, 3.05) is 12.3 Å². The summed E-state index contributed by atoms with van der Waals surface area (Å²) in [5, 5.41) is 7.66. The van der Waals surface area contributed by atoms with Crippen molar-refractivity contribution in [3.05, 3.63) is 46.8 Å². The fraction of sp³-hybridized carbons (Fsp3) is 0.412. The van der Waals surface area contributed by atoms with Crippen LogP contribution in [-0.4, -0.2) is 33.2 Å². The first kappa shape index (κ1) is 17.0. The SMILES string of the molecule is Cc1nn(-c2ccc(F)cc2F)c(C)c1C(=O)NC[C@H]1CCCS1. The molecule has 128 valence electrons. The van der Waals surface area contributed by atoms with Gasteiger partial charge in [-0.15, -0.1) is 0 Å². The molecule has 0 spiro atoms. The lowest BCUT2D eigenvalue weighted by Crippen LogP contribution is -2.30. The number of amides is 1. The summed E-state index contributed by atoms with van der Waals surface area (Å²) in [7, 11) is 0. The maximum Gasteiger partial charge on any atom is 0.255 e. The predicted molar refractivity (Wildman–Crippen MR) is 90.8 cm³/mol. The fourth-order valence-corrected chi connectivity index (χ4v) is 4.16. The lowest BCUT2D eigenvalue weighted by atomic mass is 10.1. The summed E-state index contributed by atoms with van der Waals surface area (Å²) in [6.45, 7) is 4.05. The van der Waals surface area contributed by atoms with Gasteiger partial charge < -0.3 is 5.32 Å². The molecule has 1 aliphatic heterocycles. The molecule has 1 aromatic carbocycles. The van der Waals surface area contributed by atoms with Gasteiger partial charge in [0.25, 0.3) is 5.91 Å². The van der Waals surface area contributed by atoms with Gasteiger partial charge in [-0.2, -0.15) is 16.9 Å². The van der Waals surface area contributed by atoms with Gasteiger partial charge in [0.1, 0.15) is 11.5 Å². The monoisotopic (exact) mass is 351 g/mol. The summed E-state index contributed by atoms with van der Waals surface area (Å²) in [5.41, 5.74) is 1.63. The molecule has 0 radical (unpaired) electrons. The maximum absolute atomic E-state index is 14.0. The molecule has 1 atom stereocenters. The van der Waals surface area contributed by atoms with E-state index in [2.05, 4.69) is 10.4 Å². The largest absolute Gasteiger partial charge is 0.351 e. The van der Waals surface area contributed by atoms with Crippen LogP contribution in [0.1, 0.15) is 34.6 Å². The number of carbonyl (C=O) groups is 1. The second-order valence-electron chi connectivity index (χ2n) is 5.90. The van der Waals surface area contributed by atoms with Crippen molar-refractivity contribution in [3.8, 4) is 5.69 Å². The molecule has 7 heteroatoms. The normalized spacial score (nSPS) is 17.2. The molecule has 1 aromatic heterocycles. The Labute approximate surface area is 143 Å². The van der Waals surface area contributed by atoms with Crippen molar-refractivity contribution in [1.82, 2.24) is 15.1 Å². The van der Waals surface area contributed by atoms with Crippen LogP contribution in [-0.2, 0) is 0 Å². The van der Waals surface area contributed by atoms with Crippen molar-refractivity contribution in [1.29, 1.82) is 0 Å². The Bertz CT molecular complexity index is 769. The van der Waals surface area contributed by atoms with Crippen molar-refractivity contribution in [2.45, 2.75) is 31.9 Å². The maximum atomic E-state index is 14.0. The summed E-state index contributed by atoms with van der Waals surface area (Å²) in [6.07, 6.45) is 2.30. The molecule has 0 aliphatic carbocycles. The van der Waals surface area contributed by atoms with Gasteiger partial charge in [-0.25, -0.2) is 13.5 Å². The molecule has 0 saturated carbocycles. The van der Waals surface area contributed by atoms with Crippen LogP contribution in [0, 0.1) is 25.5 Å². The van der Waals surface area contributed by atoms with Gasteiger partial charge in [-0.3, -0.25) is 4.79 Å². The molecule has 1 aliphatic rings. The highest BCUT2D eigenvalue weighted by Crippen LogP contribution is 2.26. The van der Waals surface area contributed by atoms with Crippen LogP contribution in [0.25, 0.3) is 5.69 Å². The number of hydrogen-bond acceptors (Lipinski definition) is 3. The standard InChI is InChI=1S/C17H19F2N3OS/c1-10-16(17(23)20-9-13-4-3-7-24-13)11(2)22(21-10)15-6-5-12(18)8-14(15)19/h5-6,8,13H,3-4,7,9H2,1-2H3,(H,20,23)/t13-/m1/s1. The van der Waals surface area contributed by atoms with E-state index in [0.717, 1.165) is 18.2 Å². The zero-order valence-corrected chi connectivity index (χ0v) is 14.4. The van der Waals surface area contributed by atoms with Crippen molar-refractivity contribution >= 4 is 17.7 Å². The Kier molecular flexibility index (Phi) is 4.89. The van der Waals surface area contributed by atoms with Gasteiger partial charge in [0.15, 0.2) is 5.82 Å². The van der Waals surface area contributed by atoms with E-state index in [9.17, 15) is 13.6 Å². The molecule has 1 saturated heterocycles. The highest BCUT2D eigenvalue weighted by atomic mass is 32.2. The molecule has 1 amide bonds. The fourth-order valence-electron chi connectivity index (χ4n) is 2.96.